The standard InChI is InChI=1S/C13H29N3O/c1-3-13(4-2)16(6-5-14)8-7-15-9-11-17-12-10-15/h13H,3-12,14H2,1-2H3. The van der Waals surface area contributed by atoms with Gasteiger partial charge in [0.15, 0.2) is 0 Å². The molecule has 0 amide bonds. The van der Waals surface area contributed by atoms with Crippen LogP contribution in [0.2, 0.25) is 0 Å². The van der Waals surface area contributed by atoms with Crippen molar-refractivity contribution in [3.63, 3.8) is 0 Å². The van der Waals surface area contributed by atoms with Gasteiger partial charge in [0.25, 0.3) is 0 Å². The smallest absolute Gasteiger partial charge is 0.0594 e. The Bertz CT molecular complexity index is 180. The number of hydrogen-bond donors (Lipinski definition) is 1. The van der Waals surface area contributed by atoms with Gasteiger partial charge in [-0.1, -0.05) is 13.8 Å². The van der Waals surface area contributed by atoms with Crippen LogP contribution in [0.4, 0.5) is 0 Å². The zero-order valence-electron chi connectivity index (χ0n) is 11.5. The van der Waals surface area contributed by atoms with Crippen LogP contribution in [0.15, 0.2) is 0 Å². The zero-order valence-corrected chi connectivity index (χ0v) is 11.5. The van der Waals surface area contributed by atoms with E-state index in [0.717, 1.165) is 52.5 Å². The van der Waals surface area contributed by atoms with Crippen LogP contribution in [0.25, 0.3) is 0 Å². The number of rotatable bonds is 8. The Balaban J connectivity index is 2.31. The molecule has 1 aliphatic heterocycles. The summed E-state index contributed by atoms with van der Waals surface area (Å²) in [6.45, 7) is 12.6. The number of nitrogens with zero attached hydrogens (tertiary/aromatic N) is 2. The third-order valence-corrected chi connectivity index (χ3v) is 3.68. The van der Waals surface area contributed by atoms with Gasteiger partial charge in [-0.05, 0) is 12.8 Å². The molecule has 1 heterocycles. The maximum Gasteiger partial charge on any atom is 0.0594 e. The fraction of sp³-hybridized carbons (Fsp3) is 1.00. The molecule has 4 nitrogen and oxygen atoms in total. The van der Waals surface area contributed by atoms with Crippen molar-refractivity contribution in [3.8, 4) is 0 Å². The highest BCUT2D eigenvalue weighted by Gasteiger charge is 2.16. The summed E-state index contributed by atoms with van der Waals surface area (Å²) in [6.07, 6.45) is 2.44. The van der Waals surface area contributed by atoms with Crippen LogP contribution in [0.3, 0.4) is 0 Å². The maximum atomic E-state index is 5.71. The summed E-state index contributed by atoms with van der Waals surface area (Å²) < 4.78 is 5.37. The van der Waals surface area contributed by atoms with Crippen molar-refractivity contribution in [1.82, 2.24) is 9.80 Å². The summed E-state index contributed by atoms with van der Waals surface area (Å²) in [5.41, 5.74) is 5.71. The topological polar surface area (TPSA) is 41.7 Å². The van der Waals surface area contributed by atoms with Crippen molar-refractivity contribution >= 4 is 0 Å². The normalized spacial score (nSPS) is 18.2. The zero-order chi connectivity index (χ0) is 12.5. The van der Waals surface area contributed by atoms with Gasteiger partial charge in [-0.3, -0.25) is 9.80 Å². The number of hydrogen-bond acceptors (Lipinski definition) is 4. The van der Waals surface area contributed by atoms with Crippen molar-refractivity contribution in [1.29, 1.82) is 0 Å². The first-order chi connectivity index (χ1) is 8.31. The fourth-order valence-corrected chi connectivity index (χ4v) is 2.54. The molecule has 0 aromatic rings. The van der Waals surface area contributed by atoms with E-state index < -0.39 is 0 Å². The molecule has 102 valence electrons. The number of morpholine rings is 1. The van der Waals surface area contributed by atoms with Gasteiger partial charge in [-0.25, -0.2) is 0 Å². The summed E-state index contributed by atoms with van der Waals surface area (Å²) in [4.78, 5) is 5.05. The van der Waals surface area contributed by atoms with Crippen LogP contribution in [-0.2, 0) is 4.74 Å². The largest absolute Gasteiger partial charge is 0.379 e. The predicted octanol–water partition coefficient (Wildman–Crippen LogP) is 0.768. The van der Waals surface area contributed by atoms with Gasteiger partial charge in [-0.2, -0.15) is 0 Å². The lowest BCUT2D eigenvalue weighted by Crippen LogP contribution is -2.45. The van der Waals surface area contributed by atoms with Crippen molar-refractivity contribution < 1.29 is 4.74 Å². The Labute approximate surface area is 106 Å². The third-order valence-electron chi connectivity index (χ3n) is 3.68. The first-order valence-corrected chi connectivity index (χ1v) is 7.06. The Hall–Kier alpha value is -0.160. The second-order valence-electron chi connectivity index (χ2n) is 4.75. The van der Waals surface area contributed by atoms with E-state index >= 15 is 0 Å². The van der Waals surface area contributed by atoms with Gasteiger partial charge in [0, 0.05) is 45.3 Å². The van der Waals surface area contributed by atoms with Gasteiger partial charge in [-0.15, -0.1) is 0 Å². The molecule has 0 atom stereocenters. The van der Waals surface area contributed by atoms with Crippen LogP contribution in [0.1, 0.15) is 26.7 Å². The van der Waals surface area contributed by atoms with Crippen molar-refractivity contribution in [2.45, 2.75) is 32.7 Å². The first-order valence-electron chi connectivity index (χ1n) is 7.06. The van der Waals surface area contributed by atoms with Crippen molar-refractivity contribution in [2.75, 3.05) is 52.5 Å². The highest BCUT2D eigenvalue weighted by atomic mass is 16.5. The second kappa shape index (κ2) is 8.86. The highest BCUT2D eigenvalue weighted by Crippen LogP contribution is 2.08. The lowest BCUT2D eigenvalue weighted by molar-refractivity contribution is 0.0306. The average Bonchev–Trinajstić information content (AvgIpc) is 2.38. The van der Waals surface area contributed by atoms with E-state index in [2.05, 4.69) is 23.6 Å². The Morgan fingerprint density at radius 2 is 1.82 bits per heavy atom. The molecular weight excluding hydrogens is 214 g/mol. The van der Waals surface area contributed by atoms with Crippen LogP contribution in [0, 0.1) is 0 Å². The Kier molecular flexibility index (Phi) is 7.77. The molecule has 0 aromatic heterocycles. The SMILES string of the molecule is CCC(CC)N(CCN)CCN1CCOCC1. The molecule has 0 bridgehead atoms. The van der Waals surface area contributed by atoms with E-state index in [1.807, 2.05) is 0 Å². The molecule has 0 aromatic carbocycles. The minimum atomic E-state index is 0.694. The summed E-state index contributed by atoms with van der Waals surface area (Å²) in [5.74, 6) is 0. The summed E-state index contributed by atoms with van der Waals surface area (Å²) in [5, 5.41) is 0. The van der Waals surface area contributed by atoms with Crippen LogP contribution in [0.5, 0.6) is 0 Å². The van der Waals surface area contributed by atoms with E-state index in [-0.39, 0.29) is 0 Å². The van der Waals surface area contributed by atoms with Crippen LogP contribution in [-0.4, -0.2) is 68.3 Å². The van der Waals surface area contributed by atoms with Gasteiger partial charge in [0.2, 0.25) is 0 Å². The van der Waals surface area contributed by atoms with E-state index in [1.54, 1.807) is 0 Å². The van der Waals surface area contributed by atoms with Gasteiger partial charge in [0.1, 0.15) is 0 Å². The Morgan fingerprint density at radius 3 is 2.35 bits per heavy atom. The molecular formula is C13H29N3O. The van der Waals surface area contributed by atoms with E-state index in [9.17, 15) is 0 Å². The molecule has 1 rings (SSSR count). The molecule has 0 unspecified atom stereocenters. The molecule has 4 heteroatoms. The van der Waals surface area contributed by atoms with E-state index in [0.29, 0.717) is 6.04 Å². The van der Waals surface area contributed by atoms with E-state index in [4.69, 9.17) is 10.5 Å². The van der Waals surface area contributed by atoms with Gasteiger partial charge < -0.3 is 10.5 Å². The minimum Gasteiger partial charge on any atom is -0.379 e. The fourth-order valence-electron chi connectivity index (χ4n) is 2.54. The number of nitrogens with two attached hydrogens (primary N) is 1. The van der Waals surface area contributed by atoms with Gasteiger partial charge >= 0.3 is 0 Å². The van der Waals surface area contributed by atoms with E-state index in [1.165, 1.54) is 12.8 Å². The molecule has 17 heavy (non-hydrogen) atoms. The van der Waals surface area contributed by atoms with Crippen LogP contribution < -0.4 is 5.73 Å². The molecule has 2 N–H and O–H groups in total. The molecule has 1 fully saturated rings. The second-order valence-corrected chi connectivity index (χ2v) is 4.75. The summed E-state index contributed by atoms with van der Waals surface area (Å²) >= 11 is 0. The van der Waals surface area contributed by atoms with Gasteiger partial charge in [0.05, 0.1) is 13.2 Å². The predicted molar refractivity (Wildman–Crippen MR) is 72.3 cm³/mol. The molecule has 0 radical (unpaired) electrons. The molecule has 1 aliphatic rings. The quantitative estimate of drug-likeness (QED) is 0.684. The summed E-state index contributed by atoms with van der Waals surface area (Å²) in [6, 6.07) is 0.694. The van der Waals surface area contributed by atoms with Crippen LogP contribution >= 0.6 is 0 Å². The molecule has 0 saturated carbocycles. The van der Waals surface area contributed by atoms with Crippen molar-refractivity contribution in [2.24, 2.45) is 5.73 Å². The maximum absolute atomic E-state index is 5.71. The average molecular weight is 243 g/mol. The lowest BCUT2D eigenvalue weighted by Gasteiger charge is -2.33. The van der Waals surface area contributed by atoms with Crippen molar-refractivity contribution in [3.05, 3.63) is 0 Å². The monoisotopic (exact) mass is 243 g/mol. The lowest BCUT2D eigenvalue weighted by atomic mass is 10.1. The summed E-state index contributed by atoms with van der Waals surface area (Å²) in [7, 11) is 0. The highest BCUT2D eigenvalue weighted by molar-refractivity contribution is 4.72. The first kappa shape index (κ1) is 14.9. The third kappa shape index (κ3) is 5.34. The Morgan fingerprint density at radius 1 is 1.18 bits per heavy atom. The number of ether oxygens (including phenoxy) is 1. The minimum absolute atomic E-state index is 0.694. The molecule has 0 spiro atoms. The molecule has 0 aliphatic carbocycles. The molecule has 1 saturated heterocycles.